The number of carbonyl (C=O) groups is 2. The Morgan fingerprint density at radius 2 is 1.90 bits per heavy atom. The normalized spacial score (nSPS) is 31.9. The minimum Gasteiger partial charge on any atom is -0.481 e. The zero-order chi connectivity index (χ0) is 30.2. The van der Waals surface area contributed by atoms with Gasteiger partial charge in [-0.05, 0) is 82.9 Å². The first-order valence-electron chi connectivity index (χ1n) is 14.5. The Labute approximate surface area is 250 Å². The van der Waals surface area contributed by atoms with E-state index in [9.17, 15) is 19.1 Å². The lowest BCUT2D eigenvalue weighted by Gasteiger charge is -2.54. The van der Waals surface area contributed by atoms with Crippen LogP contribution < -0.4 is 10.2 Å². The molecule has 1 aromatic heterocycles. The average Bonchev–Trinajstić information content (AvgIpc) is 3.23. The molecule has 2 aromatic rings. The van der Waals surface area contributed by atoms with Gasteiger partial charge in [0.1, 0.15) is 17.4 Å². The zero-order valence-electron chi connectivity index (χ0n) is 24.6. The van der Waals surface area contributed by atoms with E-state index in [1.807, 2.05) is 43.9 Å². The molecule has 0 bridgehead atoms. The maximum Gasteiger partial charge on any atom is 0.314 e. The van der Waals surface area contributed by atoms with Crippen LogP contribution in [0.15, 0.2) is 47.6 Å². The molecule has 3 unspecified atom stereocenters. The number of nitrogens with one attached hydrogen (secondary N) is 1. The van der Waals surface area contributed by atoms with Crippen molar-refractivity contribution in [2.45, 2.75) is 70.0 Å². The number of hydrogen-bond acceptors (Lipinski definition) is 7. The van der Waals surface area contributed by atoms with Crippen molar-refractivity contribution in [1.29, 1.82) is 0 Å². The van der Waals surface area contributed by atoms with Crippen LogP contribution in [0.1, 0.15) is 63.6 Å². The van der Waals surface area contributed by atoms with Crippen LogP contribution in [0, 0.1) is 17.7 Å². The Balaban J connectivity index is 1.41. The second-order valence-electron chi connectivity index (χ2n) is 13.2. The van der Waals surface area contributed by atoms with E-state index in [2.05, 4.69) is 22.1 Å². The molecule has 1 aromatic carbocycles. The van der Waals surface area contributed by atoms with E-state index in [-0.39, 0.29) is 16.2 Å². The number of benzene rings is 1. The minimum atomic E-state index is -0.971. The molecule has 1 spiro atoms. The predicted molar refractivity (Wildman–Crippen MR) is 161 cm³/mol. The van der Waals surface area contributed by atoms with Crippen molar-refractivity contribution in [3.63, 3.8) is 0 Å². The number of aliphatic carboxylic acids is 1. The highest BCUT2D eigenvalue weighted by molar-refractivity contribution is 6.30. The largest absolute Gasteiger partial charge is 0.481 e. The Kier molecular flexibility index (Phi) is 6.87. The minimum absolute atomic E-state index is 0.0746. The fourth-order valence-corrected chi connectivity index (χ4v) is 8.09. The number of fused-ring (bicyclic) bond motifs is 2. The van der Waals surface area contributed by atoms with Crippen molar-refractivity contribution >= 4 is 40.4 Å². The number of carboxylic acids is 1. The summed E-state index contributed by atoms with van der Waals surface area (Å²) in [6.45, 7) is 11.5. The smallest absolute Gasteiger partial charge is 0.314 e. The number of halogens is 2. The standard InChI is InChI=1S/C32H37ClFN5O3/c1-18-15-32(16-18)17-38(20-6-7-21(33)22(34)14-20)24-9-8-23(37-27(24)32)26(40)28-30(3,4)36-12-13-39(28)31(5)10-11-35-19(2)25(31)29(41)42/h6-11,14,18,25,28,36H,12-13,15-17H2,1-5H3,(H,41,42). The summed E-state index contributed by atoms with van der Waals surface area (Å²) in [5.74, 6) is -1.98. The van der Waals surface area contributed by atoms with Gasteiger partial charge in [-0.2, -0.15) is 0 Å². The van der Waals surface area contributed by atoms with Crippen LogP contribution >= 0.6 is 11.6 Å². The molecule has 4 heterocycles. The van der Waals surface area contributed by atoms with E-state index in [1.54, 1.807) is 25.3 Å². The van der Waals surface area contributed by atoms with Crippen molar-refractivity contribution in [3.8, 4) is 0 Å². The second-order valence-corrected chi connectivity index (χ2v) is 13.6. The highest BCUT2D eigenvalue weighted by atomic mass is 35.5. The Hall–Kier alpha value is -3.14. The first-order chi connectivity index (χ1) is 19.8. The number of carboxylic acid groups (broad SMARTS) is 1. The van der Waals surface area contributed by atoms with Crippen molar-refractivity contribution in [2.24, 2.45) is 16.8 Å². The van der Waals surface area contributed by atoms with Gasteiger partial charge in [-0.3, -0.25) is 19.5 Å². The molecule has 42 heavy (non-hydrogen) atoms. The molecule has 10 heteroatoms. The van der Waals surface area contributed by atoms with E-state index in [0.717, 1.165) is 24.2 Å². The van der Waals surface area contributed by atoms with Gasteiger partial charge in [-0.1, -0.05) is 18.5 Å². The zero-order valence-corrected chi connectivity index (χ0v) is 25.4. The van der Waals surface area contributed by atoms with E-state index in [0.29, 0.717) is 42.6 Å². The van der Waals surface area contributed by atoms with Crippen molar-refractivity contribution in [1.82, 2.24) is 15.2 Å². The first-order valence-corrected chi connectivity index (χ1v) is 14.9. The van der Waals surface area contributed by atoms with Crippen LogP contribution in [0.2, 0.25) is 5.02 Å². The molecule has 1 saturated heterocycles. The summed E-state index contributed by atoms with van der Waals surface area (Å²) in [6.07, 6.45) is 5.32. The number of aliphatic imine (C=N–C) groups is 1. The van der Waals surface area contributed by atoms with Gasteiger partial charge in [0.2, 0.25) is 0 Å². The predicted octanol–water partition coefficient (Wildman–Crippen LogP) is 5.38. The molecule has 0 radical (unpaired) electrons. The summed E-state index contributed by atoms with van der Waals surface area (Å²) in [6, 6.07) is 7.82. The molecule has 3 atom stereocenters. The molecule has 0 amide bonds. The van der Waals surface area contributed by atoms with Gasteiger partial charge in [0, 0.05) is 48.2 Å². The lowest BCUT2D eigenvalue weighted by molar-refractivity contribution is -0.144. The number of hydrogen-bond donors (Lipinski definition) is 2. The van der Waals surface area contributed by atoms with Crippen molar-refractivity contribution in [2.75, 3.05) is 24.5 Å². The summed E-state index contributed by atoms with van der Waals surface area (Å²) in [4.78, 5) is 40.5. The molecule has 4 aliphatic rings. The monoisotopic (exact) mass is 593 g/mol. The third-order valence-corrected chi connectivity index (χ3v) is 10.1. The van der Waals surface area contributed by atoms with Gasteiger partial charge >= 0.3 is 5.97 Å². The summed E-state index contributed by atoms with van der Waals surface area (Å²) in [5, 5.41) is 13.8. The highest BCUT2D eigenvalue weighted by Crippen LogP contribution is 2.56. The fourth-order valence-electron chi connectivity index (χ4n) is 7.97. The number of carbonyl (C=O) groups excluding carboxylic acids is 1. The number of Topliss-reactive ketones (excluding diaryl/α,β-unsaturated/α-hetero) is 1. The number of rotatable bonds is 5. The second kappa shape index (κ2) is 9.96. The molecule has 1 aliphatic carbocycles. The molecule has 3 aliphatic heterocycles. The van der Waals surface area contributed by atoms with Crippen molar-refractivity contribution in [3.05, 3.63) is 64.8 Å². The molecule has 1 saturated carbocycles. The summed E-state index contributed by atoms with van der Waals surface area (Å²) < 4.78 is 14.5. The molecule has 8 nitrogen and oxygen atoms in total. The van der Waals surface area contributed by atoms with Gasteiger partial charge in [0.05, 0.1) is 28.0 Å². The molecule has 2 N–H and O–H groups in total. The summed E-state index contributed by atoms with van der Waals surface area (Å²) >= 11 is 5.97. The Morgan fingerprint density at radius 3 is 2.57 bits per heavy atom. The topological polar surface area (TPSA) is 98.1 Å². The van der Waals surface area contributed by atoms with E-state index in [1.165, 1.54) is 6.07 Å². The third kappa shape index (κ3) is 4.39. The van der Waals surface area contributed by atoms with E-state index in [4.69, 9.17) is 16.6 Å². The van der Waals surface area contributed by atoms with Gasteiger partial charge < -0.3 is 15.3 Å². The molecule has 2 fully saturated rings. The van der Waals surface area contributed by atoms with Crippen LogP contribution in [-0.2, 0) is 10.2 Å². The van der Waals surface area contributed by atoms with Crippen LogP contribution in [0.5, 0.6) is 0 Å². The first kappa shape index (κ1) is 29.0. The number of anilines is 2. The molecule has 6 rings (SSSR count). The SMILES string of the molecule is CC1=NC=CC(C)(N2CCNC(C)(C)C2C(=O)c2ccc3c(n2)C2(CC(C)C2)CN3c2ccc(Cl)c(F)c2)C1C(=O)O. The summed E-state index contributed by atoms with van der Waals surface area (Å²) in [7, 11) is 0. The highest BCUT2D eigenvalue weighted by Gasteiger charge is 2.55. The maximum atomic E-state index is 14.6. The average molecular weight is 594 g/mol. The van der Waals surface area contributed by atoms with Crippen LogP contribution in [0.4, 0.5) is 15.8 Å². The number of piperazine rings is 1. The van der Waals surface area contributed by atoms with Crippen LogP contribution in [0.3, 0.4) is 0 Å². The summed E-state index contributed by atoms with van der Waals surface area (Å²) in [5.41, 5.74) is 1.45. The lowest BCUT2D eigenvalue weighted by Crippen LogP contribution is -2.73. The number of ketones is 1. The number of nitrogens with zero attached hydrogens (tertiary/aromatic N) is 4. The van der Waals surface area contributed by atoms with Crippen LogP contribution in [-0.4, -0.2) is 69.2 Å². The van der Waals surface area contributed by atoms with Gasteiger partial charge in [0.15, 0.2) is 5.78 Å². The van der Waals surface area contributed by atoms with Gasteiger partial charge in [0.25, 0.3) is 0 Å². The Morgan fingerprint density at radius 1 is 1.17 bits per heavy atom. The molecule has 222 valence electrons. The third-order valence-electron chi connectivity index (χ3n) is 9.81. The lowest BCUT2D eigenvalue weighted by atomic mass is 9.61. The van der Waals surface area contributed by atoms with E-state index >= 15 is 0 Å². The maximum absolute atomic E-state index is 14.6. The van der Waals surface area contributed by atoms with Crippen molar-refractivity contribution < 1.29 is 19.1 Å². The van der Waals surface area contributed by atoms with Crippen LogP contribution in [0.25, 0.3) is 0 Å². The fraction of sp³-hybridized carbons (Fsp3) is 0.500. The number of aromatic nitrogens is 1. The van der Waals surface area contributed by atoms with E-state index < -0.39 is 34.8 Å². The van der Waals surface area contributed by atoms with Gasteiger partial charge in [-0.15, -0.1) is 0 Å². The molecular formula is C32H37ClFN5O3. The number of pyridine rings is 1. The quantitative estimate of drug-likeness (QED) is 0.449. The Bertz CT molecular complexity index is 1530. The van der Waals surface area contributed by atoms with Gasteiger partial charge in [-0.25, -0.2) is 9.37 Å². The molecular weight excluding hydrogens is 557 g/mol.